The van der Waals surface area contributed by atoms with E-state index in [0.717, 1.165) is 27.1 Å². The molecule has 23 heavy (non-hydrogen) atoms. The average Bonchev–Trinajstić information content (AvgIpc) is 2.88. The molecular formula is C18H21BrN2OS. The molecule has 0 bridgehead atoms. The van der Waals surface area contributed by atoms with Crippen molar-refractivity contribution >= 4 is 38.9 Å². The van der Waals surface area contributed by atoms with Gasteiger partial charge < -0.3 is 5.32 Å². The minimum absolute atomic E-state index is 0.000119. The van der Waals surface area contributed by atoms with E-state index in [1.807, 2.05) is 44.2 Å². The molecule has 0 aliphatic carbocycles. The van der Waals surface area contributed by atoms with Gasteiger partial charge in [0, 0.05) is 23.7 Å². The highest BCUT2D eigenvalue weighted by Gasteiger charge is 2.13. The van der Waals surface area contributed by atoms with Crippen LogP contribution in [0.1, 0.15) is 16.0 Å². The molecule has 1 amide bonds. The molecular weight excluding hydrogens is 372 g/mol. The molecule has 0 atom stereocenters. The lowest BCUT2D eigenvalue weighted by Crippen LogP contribution is -2.33. The standard InChI is InChI=1S/C18H21BrN2OS/c1-4-10-21(11-15-8-9-16(19)23-15)12-17(22)20-18-13(2)6-5-7-14(18)3/h4-9H,1,10-12H2,2-3H3,(H,20,22). The highest BCUT2D eigenvalue weighted by molar-refractivity contribution is 9.11. The van der Waals surface area contributed by atoms with Crippen LogP contribution in [0.5, 0.6) is 0 Å². The third-order valence-electron chi connectivity index (χ3n) is 3.51. The molecule has 0 aliphatic rings. The van der Waals surface area contributed by atoms with Crippen LogP contribution in [0.4, 0.5) is 5.69 Å². The Morgan fingerprint density at radius 2 is 2.00 bits per heavy atom. The lowest BCUT2D eigenvalue weighted by Gasteiger charge is -2.20. The second-order valence-electron chi connectivity index (χ2n) is 5.48. The van der Waals surface area contributed by atoms with Crippen molar-refractivity contribution in [2.45, 2.75) is 20.4 Å². The fourth-order valence-electron chi connectivity index (χ4n) is 2.42. The maximum absolute atomic E-state index is 12.4. The maximum Gasteiger partial charge on any atom is 0.238 e. The Bertz CT molecular complexity index is 676. The minimum Gasteiger partial charge on any atom is -0.324 e. The number of thiophene rings is 1. The van der Waals surface area contributed by atoms with E-state index in [1.54, 1.807) is 11.3 Å². The fourth-order valence-corrected chi connectivity index (χ4v) is 3.94. The first-order valence-electron chi connectivity index (χ1n) is 7.43. The molecule has 0 spiro atoms. The summed E-state index contributed by atoms with van der Waals surface area (Å²) in [6.45, 7) is 9.56. The van der Waals surface area contributed by atoms with Gasteiger partial charge in [-0.05, 0) is 53.0 Å². The molecule has 0 unspecified atom stereocenters. The molecule has 1 heterocycles. The number of aryl methyl sites for hydroxylation is 2. The van der Waals surface area contributed by atoms with Crippen LogP contribution in [0, 0.1) is 13.8 Å². The first-order valence-corrected chi connectivity index (χ1v) is 9.04. The van der Waals surface area contributed by atoms with E-state index in [4.69, 9.17) is 0 Å². The first-order chi connectivity index (χ1) is 11.0. The molecule has 5 heteroatoms. The molecule has 3 nitrogen and oxygen atoms in total. The van der Waals surface area contributed by atoms with Gasteiger partial charge in [0.05, 0.1) is 10.3 Å². The van der Waals surface area contributed by atoms with Crippen molar-refractivity contribution in [3.63, 3.8) is 0 Å². The van der Waals surface area contributed by atoms with E-state index < -0.39 is 0 Å². The number of carbonyl (C=O) groups is 1. The zero-order valence-corrected chi connectivity index (χ0v) is 15.8. The molecule has 0 saturated heterocycles. The zero-order chi connectivity index (χ0) is 16.8. The van der Waals surface area contributed by atoms with Gasteiger partial charge in [-0.3, -0.25) is 9.69 Å². The number of carbonyl (C=O) groups excluding carboxylic acids is 1. The predicted octanol–water partition coefficient (Wildman–Crippen LogP) is 4.75. The normalized spacial score (nSPS) is 10.8. The van der Waals surface area contributed by atoms with Crippen molar-refractivity contribution in [3.05, 3.63) is 62.8 Å². The summed E-state index contributed by atoms with van der Waals surface area (Å²) in [6.07, 6.45) is 1.83. The number of amides is 1. The number of hydrogen-bond acceptors (Lipinski definition) is 3. The van der Waals surface area contributed by atoms with Gasteiger partial charge in [-0.15, -0.1) is 17.9 Å². The number of hydrogen-bond donors (Lipinski definition) is 1. The number of halogens is 1. The van der Waals surface area contributed by atoms with Crippen molar-refractivity contribution in [2.24, 2.45) is 0 Å². The Morgan fingerprint density at radius 3 is 2.57 bits per heavy atom. The van der Waals surface area contributed by atoms with E-state index in [0.29, 0.717) is 13.1 Å². The van der Waals surface area contributed by atoms with Crippen molar-refractivity contribution < 1.29 is 4.79 Å². The van der Waals surface area contributed by atoms with E-state index in [1.165, 1.54) is 4.88 Å². The lowest BCUT2D eigenvalue weighted by molar-refractivity contribution is -0.117. The third-order valence-corrected chi connectivity index (χ3v) is 5.12. The van der Waals surface area contributed by atoms with E-state index in [9.17, 15) is 4.79 Å². The third kappa shape index (κ3) is 5.30. The number of anilines is 1. The topological polar surface area (TPSA) is 32.3 Å². The van der Waals surface area contributed by atoms with Gasteiger partial charge in [-0.25, -0.2) is 0 Å². The monoisotopic (exact) mass is 392 g/mol. The summed E-state index contributed by atoms with van der Waals surface area (Å²) in [6, 6.07) is 10.1. The summed E-state index contributed by atoms with van der Waals surface area (Å²) < 4.78 is 1.10. The van der Waals surface area contributed by atoms with Crippen LogP contribution in [-0.4, -0.2) is 23.9 Å². The second-order valence-corrected chi connectivity index (χ2v) is 8.03. The number of nitrogens with zero attached hydrogens (tertiary/aromatic N) is 1. The van der Waals surface area contributed by atoms with Gasteiger partial charge in [-0.1, -0.05) is 24.3 Å². The molecule has 0 saturated carbocycles. The van der Waals surface area contributed by atoms with Crippen LogP contribution in [0.25, 0.3) is 0 Å². The van der Waals surface area contributed by atoms with E-state index in [-0.39, 0.29) is 5.91 Å². The van der Waals surface area contributed by atoms with Gasteiger partial charge in [0.1, 0.15) is 0 Å². The predicted molar refractivity (Wildman–Crippen MR) is 102 cm³/mol. The summed E-state index contributed by atoms with van der Waals surface area (Å²) in [5.74, 6) is -0.000119. The average molecular weight is 393 g/mol. The van der Waals surface area contributed by atoms with Crippen LogP contribution in [0.2, 0.25) is 0 Å². The summed E-state index contributed by atoms with van der Waals surface area (Å²) in [5.41, 5.74) is 3.07. The quantitative estimate of drug-likeness (QED) is 0.689. The SMILES string of the molecule is C=CCN(CC(=O)Nc1c(C)cccc1C)Cc1ccc(Br)s1. The molecule has 1 N–H and O–H groups in total. The highest BCUT2D eigenvalue weighted by atomic mass is 79.9. The van der Waals surface area contributed by atoms with Crippen LogP contribution >= 0.6 is 27.3 Å². The first kappa shape index (κ1) is 17.9. The number of benzene rings is 1. The summed E-state index contributed by atoms with van der Waals surface area (Å²) in [5, 5.41) is 3.04. The molecule has 1 aromatic carbocycles. The number of rotatable bonds is 7. The fraction of sp³-hybridized carbons (Fsp3) is 0.278. The van der Waals surface area contributed by atoms with Crippen molar-refractivity contribution in [1.82, 2.24) is 4.90 Å². The van der Waals surface area contributed by atoms with Crippen molar-refractivity contribution in [2.75, 3.05) is 18.4 Å². The molecule has 2 aromatic rings. The summed E-state index contributed by atoms with van der Waals surface area (Å²) >= 11 is 5.16. The Hall–Kier alpha value is -1.43. The van der Waals surface area contributed by atoms with E-state index in [2.05, 4.69) is 38.8 Å². The lowest BCUT2D eigenvalue weighted by atomic mass is 10.1. The summed E-state index contributed by atoms with van der Waals surface area (Å²) in [7, 11) is 0. The minimum atomic E-state index is -0.000119. The van der Waals surface area contributed by atoms with Gasteiger partial charge in [0.15, 0.2) is 0 Å². The molecule has 2 rings (SSSR count). The zero-order valence-electron chi connectivity index (χ0n) is 13.4. The summed E-state index contributed by atoms with van der Waals surface area (Å²) in [4.78, 5) is 15.7. The van der Waals surface area contributed by atoms with Crippen LogP contribution in [0.15, 0.2) is 46.8 Å². The Morgan fingerprint density at radius 1 is 1.30 bits per heavy atom. The van der Waals surface area contributed by atoms with E-state index >= 15 is 0 Å². The van der Waals surface area contributed by atoms with Gasteiger partial charge in [-0.2, -0.15) is 0 Å². The molecule has 0 fully saturated rings. The number of para-hydroxylation sites is 1. The molecule has 1 aromatic heterocycles. The van der Waals surface area contributed by atoms with Gasteiger partial charge >= 0.3 is 0 Å². The molecule has 0 radical (unpaired) electrons. The second kappa shape index (κ2) is 8.43. The van der Waals surface area contributed by atoms with Gasteiger partial charge in [0.2, 0.25) is 5.91 Å². The van der Waals surface area contributed by atoms with Crippen LogP contribution < -0.4 is 5.32 Å². The highest BCUT2D eigenvalue weighted by Crippen LogP contribution is 2.23. The van der Waals surface area contributed by atoms with Gasteiger partial charge in [0.25, 0.3) is 0 Å². The smallest absolute Gasteiger partial charge is 0.238 e. The Kier molecular flexibility index (Phi) is 6.57. The Balaban J connectivity index is 2.01. The molecule has 122 valence electrons. The van der Waals surface area contributed by atoms with Crippen LogP contribution in [-0.2, 0) is 11.3 Å². The Labute approximate surface area is 150 Å². The van der Waals surface area contributed by atoms with Crippen LogP contribution in [0.3, 0.4) is 0 Å². The maximum atomic E-state index is 12.4. The van der Waals surface area contributed by atoms with Crippen molar-refractivity contribution in [3.8, 4) is 0 Å². The largest absolute Gasteiger partial charge is 0.324 e. The number of nitrogens with one attached hydrogen (secondary N) is 1. The molecule has 0 aliphatic heterocycles. The van der Waals surface area contributed by atoms with Crippen molar-refractivity contribution in [1.29, 1.82) is 0 Å².